The van der Waals surface area contributed by atoms with E-state index < -0.39 is 6.36 Å². The SMILES string of the molecule is CCCn1c(SC(C)c2ccc(OC(F)(F)F)cc2)n[nH]c1=O. The summed E-state index contributed by atoms with van der Waals surface area (Å²) in [7, 11) is 0. The Morgan fingerprint density at radius 1 is 1.35 bits per heavy atom. The minimum Gasteiger partial charge on any atom is -0.406 e. The van der Waals surface area contributed by atoms with Crippen molar-refractivity contribution in [2.24, 2.45) is 0 Å². The predicted octanol–water partition coefficient (Wildman–Crippen LogP) is 3.73. The first-order chi connectivity index (χ1) is 10.8. The Morgan fingerprint density at radius 2 is 2.00 bits per heavy atom. The first-order valence-corrected chi connectivity index (χ1v) is 7.85. The second kappa shape index (κ2) is 7.12. The van der Waals surface area contributed by atoms with Gasteiger partial charge in [0.1, 0.15) is 5.75 Å². The van der Waals surface area contributed by atoms with Gasteiger partial charge in [0, 0.05) is 11.8 Å². The minimum absolute atomic E-state index is 0.0826. The van der Waals surface area contributed by atoms with Crippen molar-refractivity contribution in [1.29, 1.82) is 0 Å². The first-order valence-electron chi connectivity index (χ1n) is 6.97. The summed E-state index contributed by atoms with van der Waals surface area (Å²) in [5.74, 6) is -0.263. The van der Waals surface area contributed by atoms with Crippen molar-refractivity contribution in [2.75, 3.05) is 0 Å². The molecule has 1 unspecified atom stereocenters. The molecule has 23 heavy (non-hydrogen) atoms. The lowest BCUT2D eigenvalue weighted by molar-refractivity contribution is -0.274. The molecule has 0 amide bonds. The van der Waals surface area contributed by atoms with E-state index in [0.717, 1.165) is 12.0 Å². The molecule has 0 spiro atoms. The van der Waals surface area contributed by atoms with Crippen molar-refractivity contribution in [2.45, 2.75) is 43.6 Å². The van der Waals surface area contributed by atoms with Crippen LogP contribution in [0.1, 0.15) is 31.1 Å². The van der Waals surface area contributed by atoms with Crippen LogP contribution in [0.2, 0.25) is 0 Å². The van der Waals surface area contributed by atoms with Crippen molar-refractivity contribution < 1.29 is 17.9 Å². The van der Waals surface area contributed by atoms with E-state index in [2.05, 4.69) is 14.9 Å². The van der Waals surface area contributed by atoms with Crippen LogP contribution >= 0.6 is 11.8 Å². The standard InChI is InChI=1S/C14H16F3N3O2S/c1-3-8-20-12(21)18-19-13(20)23-9(2)10-4-6-11(7-5-10)22-14(15,16)17/h4-7,9H,3,8H2,1-2H3,(H,18,21). The number of aromatic amines is 1. The Morgan fingerprint density at radius 3 is 2.57 bits per heavy atom. The molecule has 0 saturated heterocycles. The van der Waals surface area contributed by atoms with Gasteiger partial charge in [0.25, 0.3) is 0 Å². The number of aromatic nitrogens is 3. The smallest absolute Gasteiger partial charge is 0.406 e. The van der Waals surface area contributed by atoms with Crippen LogP contribution in [0.25, 0.3) is 0 Å². The van der Waals surface area contributed by atoms with Gasteiger partial charge in [-0.05, 0) is 31.0 Å². The highest BCUT2D eigenvalue weighted by atomic mass is 32.2. The number of alkyl halides is 3. The molecule has 0 aliphatic carbocycles. The highest BCUT2D eigenvalue weighted by Gasteiger charge is 2.31. The molecule has 1 aromatic heterocycles. The molecule has 0 radical (unpaired) electrons. The van der Waals surface area contributed by atoms with Crippen LogP contribution in [0.3, 0.4) is 0 Å². The summed E-state index contributed by atoms with van der Waals surface area (Å²) in [5.41, 5.74) is 0.540. The van der Waals surface area contributed by atoms with Crippen LogP contribution in [0.4, 0.5) is 13.2 Å². The molecule has 1 atom stereocenters. The van der Waals surface area contributed by atoms with Crippen molar-refractivity contribution >= 4 is 11.8 Å². The Hall–Kier alpha value is -1.90. The minimum atomic E-state index is -4.70. The average Bonchev–Trinajstić information content (AvgIpc) is 2.80. The maximum Gasteiger partial charge on any atom is 0.573 e. The molecule has 0 fully saturated rings. The predicted molar refractivity (Wildman–Crippen MR) is 80.5 cm³/mol. The largest absolute Gasteiger partial charge is 0.573 e. The highest BCUT2D eigenvalue weighted by Crippen LogP contribution is 2.34. The number of nitrogens with zero attached hydrogens (tertiary/aromatic N) is 2. The molecular formula is C14H16F3N3O2S. The van der Waals surface area contributed by atoms with E-state index in [0.29, 0.717) is 11.7 Å². The second-order valence-corrected chi connectivity index (χ2v) is 6.15. The molecule has 1 N–H and O–H groups in total. The van der Waals surface area contributed by atoms with Gasteiger partial charge >= 0.3 is 12.1 Å². The van der Waals surface area contributed by atoms with E-state index in [1.54, 1.807) is 16.7 Å². The summed E-state index contributed by atoms with van der Waals surface area (Å²) >= 11 is 1.36. The third kappa shape index (κ3) is 4.78. The fraction of sp³-hybridized carbons (Fsp3) is 0.429. The number of thioether (sulfide) groups is 1. The zero-order valence-corrected chi connectivity index (χ0v) is 13.4. The number of benzene rings is 1. The van der Waals surface area contributed by atoms with Gasteiger partial charge in [0.2, 0.25) is 0 Å². The molecule has 2 aromatic rings. The average molecular weight is 347 g/mol. The maximum atomic E-state index is 12.1. The molecule has 5 nitrogen and oxygen atoms in total. The molecule has 0 aliphatic rings. The molecule has 0 aliphatic heterocycles. The van der Waals surface area contributed by atoms with E-state index >= 15 is 0 Å². The molecule has 0 bridgehead atoms. The quantitative estimate of drug-likeness (QED) is 0.809. The van der Waals surface area contributed by atoms with Crippen LogP contribution in [0.15, 0.2) is 34.2 Å². The van der Waals surface area contributed by atoms with Crippen molar-refractivity contribution in [3.8, 4) is 5.75 Å². The Bertz CT molecular complexity index is 695. The van der Waals surface area contributed by atoms with Crippen LogP contribution in [-0.2, 0) is 6.54 Å². The molecule has 126 valence electrons. The van der Waals surface area contributed by atoms with E-state index in [9.17, 15) is 18.0 Å². The number of hydrogen-bond acceptors (Lipinski definition) is 4. The topological polar surface area (TPSA) is 59.9 Å². The Kier molecular flexibility index (Phi) is 5.40. The Labute approximate surface area is 134 Å². The third-order valence-electron chi connectivity index (χ3n) is 3.04. The number of H-pyrrole nitrogens is 1. The van der Waals surface area contributed by atoms with Crippen LogP contribution in [0, 0.1) is 0 Å². The lowest BCUT2D eigenvalue weighted by Gasteiger charge is -2.13. The monoisotopic (exact) mass is 347 g/mol. The lowest BCUT2D eigenvalue weighted by atomic mass is 10.2. The second-order valence-electron chi connectivity index (χ2n) is 4.84. The molecule has 9 heteroatoms. The fourth-order valence-corrected chi connectivity index (χ4v) is 2.99. The van der Waals surface area contributed by atoms with Gasteiger partial charge in [-0.1, -0.05) is 30.8 Å². The zero-order chi connectivity index (χ0) is 17.0. The number of hydrogen-bond donors (Lipinski definition) is 1. The van der Waals surface area contributed by atoms with Crippen molar-refractivity contribution in [1.82, 2.24) is 14.8 Å². The molecule has 2 rings (SSSR count). The van der Waals surface area contributed by atoms with Gasteiger partial charge in [0.15, 0.2) is 5.16 Å². The number of rotatable bonds is 6. The zero-order valence-electron chi connectivity index (χ0n) is 12.6. The third-order valence-corrected chi connectivity index (χ3v) is 4.18. The van der Waals surface area contributed by atoms with Crippen LogP contribution in [-0.4, -0.2) is 21.1 Å². The van der Waals surface area contributed by atoms with Gasteiger partial charge in [-0.2, -0.15) is 0 Å². The van der Waals surface area contributed by atoms with Gasteiger partial charge in [-0.25, -0.2) is 9.89 Å². The van der Waals surface area contributed by atoms with Crippen molar-refractivity contribution in [3.63, 3.8) is 0 Å². The van der Waals surface area contributed by atoms with Gasteiger partial charge < -0.3 is 4.74 Å². The molecular weight excluding hydrogens is 331 g/mol. The summed E-state index contributed by atoms with van der Waals surface area (Å²) < 4.78 is 41.8. The van der Waals surface area contributed by atoms with Gasteiger partial charge in [0.05, 0.1) is 0 Å². The molecule has 1 aromatic carbocycles. The Balaban J connectivity index is 2.09. The highest BCUT2D eigenvalue weighted by molar-refractivity contribution is 7.99. The van der Waals surface area contributed by atoms with Crippen LogP contribution < -0.4 is 10.4 Å². The summed E-state index contributed by atoms with van der Waals surface area (Å²) in [5, 5.41) is 6.86. The number of nitrogens with one attached hydrogen (secondary N) is 1. The van der Waals surface area contributed by atoms with E-state index in [1.165, 1.54) is 23.9 Å². The van der Waals surface area contributed by atoms with E-state index in [1.807, 2.05) is 13.8 Å². The van der Waals surface area contributed by atoms with E-state index in [-0.39, 0.29) is 16.7 Å². The summed E-state index contributed by atoms with van der Waals surface area (Å²) in [6, 6.07) is 5.66. The summed E-state index contributed by atoms with van der Waals surface area (Å²) in [6.07, 6.45) is -3.90. The fourth-order valence-electron chi connectivity index (χ4n) is 1.98. The molecule has 1 heterocycles. The normalized spacial score (nSPS) is 13.1. The van der Waals surface area contributed by atoms with Crippen molar-refractivity contribution in [3.05, 3.63) is 40.3 Å². The van der Waals surface area contributed by atoms with Gasteiger partial charge in [-0.15, -0.1) is 18.3 Å². The maximum absolute atomic E-state index is 12.1. The molecule has 0 saturated carbocycles. The number of halogens is 3. The van der Waals surface area contributed by atoms with Gasteiger partial charge in [-0.3, -0.25) is 4.57 Å². The summed E-state index contributed by atoms with van der Waals surface area (Å²) in [6.45, 7) is 4.40. The number of ether oxygens (including phenoxy) is 1. The lowest BCUT2D eigenvalue weighted by Crippen LogP contribution is -2.17. The summed E-state index contributed by atoms with van der Waals surface area (Å²) in [4.78, 5) is 11.6. The van der Waals surface area contributed by atoms with Crippen LogP contribution in [0.5, 0.6) is 5.75 Å². The van der Waals surface area contributed by atoms with E-state index in [4.69, 9.17) is 0 Å². The first kappa shape index (κ1) is 17.5.